The highest BCUT2D eigenvalue weighted by Crippen LogP contribution is 2.38. The zero-order valence-electron chi connectivity index (χ0n) is 14.5. The molecule has 140 valence electrons. The van der Waals surface area contributed by atoms with Crippen LogP contribution in [-0.2, 0) is 21.2 Å². The lowest BCUT2D eigenvalue weighted by Gasteiger charge is -2.07. The number of hydrogen-bond donors (Lipinski definition) is 1. The van der Waals surface area contributed by atoms with Gasteiger partial charge in [0.1, 0.15) is 5.75 Å². The quantitative estimate of drug-likeness (QED) is 0.662. The zero-order valence-corrected chi connectivity index (χ0v) is 15.3. The van der Waals surface area contributed by atoms with Crippen molar-refractivity contribution in [1.82, 2.24) is 15.5 Å². The van der Waals surface area contributed by atoms with E-state index in [2.05, 4.69) is 15.5 Å². The first-order valence-corrected chi connectivity index (χ1v) is 10.3. The molecule has 0 radical (unpaired) electrons. The summed E-state index contributed by atoms with van der Waals surface area (Å²) in [6, 6.07) is 6.20. The maximum Gasteiger partial charge on any atom is 0.246 e. The van der Waals surface area contributed by atoms with Crippen LogP contribution in [0, 0.1) is 0 Å². The molecular weight excluding hydrogens is 358 g/mol. The fourth-order valence-corrected chi connectivity index (χ4v) is 2.95. The number of nitrogens with one attached hydrogen (secondary N) is 1. The van der Waals surface area contributed by atoms with E-state index >= 15 is 0 Å². The lowest BCUT2D eigenvalue weighted by atomic mass is 10.3. The van der Waals surface area contributed by atoms with Gasteiger partial charge in [0.15, 0.2) is 15.7 Å². The van der Waals surface area contributed by atoms with Crippen LogP contribution in [0.3, 0.4) is 0 Å². The van der Waals surface area contributed by atoms with Gasteiger partial charge in [-0.25, -0.2) is 8.42 Å². The van der Waals surface area contributed by atoms with Crippen molar-refractivity contribution in [2.24, 2.45) is 0 Å². The lowest BCUT2D eigenvalue weighted by molar-refractivity contribution is -0.121. The van der Waals surface area contributed by atoms with Gasteiger partial charge in [-0.2, -0.15) is 4.98 Å². The average Bonchev–Trinajstić information content (AvgIpc) is 3.35. The van der Waals surface area contributed by atoms with E-state index in [1.54, 1.807) is 12.1 Å². The van der Waals surface area contributed by atoms with E-state index in [1.165, 1.54) is 12.1 Å². The zero-order chi connectivity index (χ0) is 18.6. The van der Waals surface area contributed by atoms with Crippen molar-refractivity contribution in [3.63, 3.8) is 0 Å². The van der Waals surface area contributed by atoms with Gasteiger partial charge in [0.05, 0.1) is 18.0 Å². The van der Waals surface area contributed by atoms with E-state index in [0.29, 0.717) is 37.0 Å². The number of aromatic nitrogens is 2. The molecule has 0 spiro atoms. The second-order valence-electron chi connectivity index (χ2n) is 6.29. The maximum absolute atomic E-state index is 11.8. The Bertz CT molecular complexity index is 857. The number of amides is 1. The first kappa shape index (κ1) is 18.4. The monoisotopic (exact) mass is 379 g/mol. The smallest absolute Gasteiger partial charge is 0.246 e. The van der Waals surface area contributed by atoms with Crippen molar-refractivity contribution in [3.05, 3.63) is 36.0 Å². The van der Waals surface area contributed by atoms with Gasteiger partial charge in [-0.15, -0.1) is 0 Å². The summed E-state index contributed by atoms with van der Waals surface area (Å²) in [7, 11) is -3.21. The molecule has 1 N–H and O–H groups in total. The summed E-state index contributed by atoms with van der Waals surface area (Å²) in [6.07, 6.45) is 4.20. The minimum absolute atomic E-state index is 0.118. The molecule has 1 heterocycles. The third-order valence-corrected chi connectivity index (χ3v) is 5.06. The summed E-state index contributed by atoms with van der Waals surface area (Å²) < 4.78 is 33.4. The molecule has 1 aliphatic carbocycles. The summed E-state index contributed by atoms with van der Waals surface area (Å²) in [5.74, 6) is 2.02. The summed E-state index contributed by atoms with van der Waals surface area (Å²) in [5.41, 5.74) is 0. The number of carbonyl (C=O) groups excluding carboxylic acids is 1. The van der Waals surface area contributed by atoms with Crippen molar-refractivity contribution in [2.75, 3.05) is 12.9 Å². The predicted octanol–water partition coefficient (Wildman–Crippen LogP) is 1.83. The summed E-state index contributed by atoms with van der Waals surface area (Å²) >= 11 is 0. The van der Waals surface area contributed by atoms with E-state index in [1.807, 2.05) is 0 Å². The molecule has 3 rings (SSSR count). The molecule has 1 aromatic carbocycles. The van der Waals surface area contributed by atoms with Gasteiger partial charge in [0, 0.05) is 18.6 Å². The lowest BCUT2D eigenvalue weighted by Crippen LogP contribution is -2.23. The normalized spacial score (nSPS) is 14.2. The molecule has 1 fully saturated rings. The van der Waals surface area contributed by atoms with Crippen molar-refractivity contribution < 1.29 is 22.5 Å². The van der Waals surface area contributed by atoms with Crippen molar-refractivity contribution in [2.45, 2.75) is 43.0 Å². The van der Waals surface area contributed by atoms with E-state index in [0.717, 1.165) is 24.9 Å². The molecule has 1 amide bonds. The number of ether oxygens (including phenoxy) is 1. The van der Waals surface area contributed by atoms with E-state index < -0.39 is 9.84 Å². The highest BCUT2D eigenvalue weighted by Gasteiger charge is 2.28. The molecule has 1 aromatic heterocycles. The van der Waals surface area contributed by atoms with Gasteiger partial charge >= 0.3 is 0 Å². The molecule has 0 atom stereocenters. The van der Waals surface area contributed by atoms with Crippen LogP contribution in [0.2, 0.25) is 0 Å². The average molecular weight is 379 g/mol. The molecule has 2 aromatic rings. The van der Waals surface area contributed by atoms with Crippen LogP contribution in [0.15, 0.2) is 33.7 Å². The number of carbonyl (C=O) groups is 1. The van der Waals surface area contributed by atoms with Crippen LogP contribution in [0.25, 0.3) is 0 Å². The SMILES string of the molecule is CS(=O)(=O)c1ccc(OCCCC(=O)NCc2nc(C3CC3)no2)cc1. The maximum atomic E-state index is 11.8. The number of rotatable bonds is 9. The summed E-state index contributed by atoms with van der Waals surface area (Å²) in [6.45, 7) is 0.588. The van der Waals surface area contributed by atoms with E-state index in [9.17, 15) is 13.2 Å². The highest BCUT2D eigenvalue weighted by molar-refractivity contribution is 7.90. The van der Waals surface area contributed by atoms with Crippen LogP contribution in [0.5, 0.6) is 5.75 Å². The summed E-state index contributed by atoms with van der Waals surface area (Å²) in [4.78, 5) is 16.3. The molecule has 1 aliphatic rings. The highest BCUT2D eigenvalue weighted by atomic mass is 32.2. The van der Waals surface area contributed by atoms with Gasteiger partial charge < -0.3 is 14.6 Å². The Balaban J connectivity index is 1.33. The number of sulfone groups is 1. The Morgan fingerprint density at radius 3 is 2.69 bits per heavy atom. The van der Waals surface area contributed by atoms with Crippen molar-refractivity contribution >= 4 is 15.7 Å². The molecule has 1 saturated carbocycles. The molecule has 26 heavy (non-hydrogen) atoms. The van der Waals surface area contributed by atoms with Gasteiger partial charge in [0.25, 0.3) is 0 Å². The number of hydrogen-bond acceptors (Lipinski definition) is 7. The second kappa shape index (κ2) is 7.86. The predicted molar refractivity (Wildman–Crippen MR) is 92.4 cm³/mol. The Morgan fingerprint density at radius 2 is 2.04 bits per heavy atom. The largest absolute Gasteiger partial charge is 0.494 e. The number of benzene rings is 1. The van der Waals surface area contributed by atoms with Crippen LogP contribution < -0.4 is 10.1 Å². The van der Waals surface area contributed by atoms with Gasteiger partial charge in [-0.05, 0) is 43.5 Å². The third kappa shape index (κ3) is 5.29. The van der Waals surface area contributed by atoms with Gasteiger partial charge in [0.2, 0.25) is 11.8 Å². The van der Waals surface area contributed by atoms with Crippen LogP contribution in [0.4, 0.5) is 0 Å². The molecule has 0 saturated heterocycles. The molecule has 0 bridgehead atoms. The van der Waals surface area contributed by atoms with Gasteiger partial charge in [-0.1, -0.05) is 5.16 Å². The van der Waals surface area contributed by atoms with Crippen molar-refractivity contribution in [3.8, 4) is 5.75 Å². The molecular formula is C17H21N3O5S. The van der Waals surface area contributed by atoms with E-state index in [4.69, 9.17) is 9.26 Å². The van der Waals surface area contributed by atoms with Crippen LogP contribution in [-0.4, -0.2) is 37.3 Å². The minimum atomic E-state index is -3.21. The Kier molecular flexibility index (Phi) is 5.55. The van der Waals surface area contributed by atoms with Gasteiger partial charge in [-0.3, -0.25) is 4.79 Å². The van der Waals surface area contributed by atoms with Crippen molar-refractivity contribution in [1.29, 1.82) is 0 Å². The second-order valence-corrected chi connectivity index (χ2v) is 8.31. The topological polar surface area (TPSA) is 111 Å². The summed E-state index contributed by atoms with van der Waals surface area (Å²) in [5, 5.41) is 6.63. The molecule has 9 heteroatoms. The Hall–Kier alpha value is -2.42. The van der Waals surface area contributed by atoms with Crippen LogP contribution in [0.1, 0.15) is 43.3 Å². The number of nitrogens with zero attached hydrogens (tertiary/aromatic N) is 2. The third-order valence-electron chi connectivity index (χ3n) is 3.93. The van der Waals surface area contributed by atoms with E-state index in [-0.39, 0.29) is 17.3 Å². The standard InChI is InChI=1S/C17H21N3O5S/c1-26(22,23)14-8-6-13(7-9-14)24-10-2-3-15(21)18-11-16-19-17(20-25-16)12-4-5-12/h6-9,12H,2-5,10-11H2,1H3,(H,18,21). The minimum Gasteiger partial charge on any atom is -0.494 e. The first-order valence-electron chi connectivity index (χ1n) is 8.44. The Morgan fingerprint density at radius 1 is 1.31 bits per heavy atom. The fourth-order valence-electron chi connectivity index (χ4n) is 2.32. The molecule has 0 unspecified atom stereocenters. The molecule has 0 aliphatic heterocycles. The molecule has 8 nitrogen and oxygen atoms in total. The van der Waals surface area contributed by atoms with Crippen LogP contribution >= 0.6 is 0 Å². The first-order chi connectivity index (χ1) is 12.4. The Labute approximate surface area is 151 Å². The fraction of sp³-hybridized carbons (Fsp3) is 0.471.